The van der Waals surface area contributed by atoms with Gasteiger partial charge in [0.15, 0.2) is 6.61 Å². The number of rotatable bonds is 7. The van der Waals surface area contributed by atoms with Gasteiger partial charge in [-0.1, -0.05) is 18.2 Å². The second-order valence-electron chi connectivity index (χ2n) is 6.89. The van der Waals surface area contributed by atoms with Gasteiger partial charge in [-0.3, -0.25) is 9.59 Å². The Morgan fingerprint density at radius 2 is 1.50 bits per heavy atom. The fourth-order valence-corrected chi connectivity index (χ4v) is 3.01. The summed E-state index contributed by atoms with van der Waals surface area (Å²) in [5.74, 6) is 0.655. The first-order valence-electron chi connectivity index (χ1n) is 9.50. The number of anilines is 2. The molecule has 0 unspecified atom stereocenters. The van der Waals surface area contributed by atoms with Crippen molar-refractivity contribution < 1.29 is 19.1 Å². The van der Waals surface area contributed by atoms with Crippen LogP contribution in [-0.2, 0) is 4.79 Å². The van der Waals surface area contributed by atoms with E-state index in [1.807, 2.05) is 32.0 Å². The molecule has 0 spiro atoms. The van der Waals surface area contributed by atoms with Crippen molar-refractivity contribution in [1.29, 1.82) is 0 Å². The Bertz CT molecular complexity index is 1030. The van der Waals surface area contributed by atoms with E-state index in [0.29, 0.717) is 28.4 Å². The first kappa shape index (κ1) is 20.9. The standard InChI is InChI=1S/C24H24N2O4/c1-16-12-17(2)14-20(13-16)30-15-23(27)26-22-7-5-4-6-21(22)24(28)25-18-8-10-19(29-3)11-9-18/h4-14H,15H2,1-3H3,(H,25,28)(H,26,27). The van der Waals surface area contributed by atoms with Crippen molar-refractivity contribution in [1.82, 2.24) is 0 Å². The Hall–Kier alpha value is -3.80. The highest BCUT2D eigenvalue weighted by atomic mass is 16.5. The van der Waals surface area contributed by atoms with Crippen molar-refractivity contribution in [3.63, 3.8) is 0 Å². The fraction of sp³-hybridized carbons (Fsp3) is 0.167. The van der Waals surface area contributed by atoms with Crippen LogP contribution in [0.4, 0.5) is 11.4 Å². The lowest BCUT2D eigenvalue weighted by atomic mass is 10.1. The molecular weight excluding hydrogens is 380 g/mol. The number of para-hydroxylation sites is 1. The first-order valence-corrected chi connectivity index (χ1v) is 9.50. The molecule has 0 aliphatic rings. The minimum atomic E-state index is -0.348. The number of hydrogen-bond donors (Lipinski definition) is 2. The molecule has 3 aromatic rings. The SMILES string of the molecule is COc1ccc(NC(=O)c2ccccc2NC(=O)COc2cc(C)cc(C)c2)cc1. The maximum Gasteiger partial charge on any atom is 0.262 e. The third-order valence-corrected chi connectivity index (χ3v) is 4.36. The van der Waals surface area contributed by atoms with Crippen LogP contribution >= 0.6 is 0 Å². The zero-order valence-electron chi connectivity index (χ0n) is 17.2. The van der Waals surface area contributed by atoms with Gasteiger partial charge in [0.1, 0.15) is 11.5 Å². The van der Waals surface area contributed by atoms with E-state index in [-0.39, 0.29) is 18.4 Å². The van der Waals surface area contributed by atoms with Gasteiger partial charge in [0.25, 0.3) is 11.8 Å². The maximum absolute atomic E-state index is 12.7. The second kappa shape index (κ2) is 9.60. The molecule has 0 fully saturated rings. The van der Waals surface area contributed by atoms with Crippen LogP contribution in [0.15, 0.2) is 66.7 Å². The number of aryl methyl sites for hydroxylation is 2. The van der Waals surface area contributed by atoms with Crippen molar-refractivity contribution >= 4 is 23.2 Å². The van der Waals surface area contributed by atoms with Gasteiger partial charge in [-0.15, -0.1) is 0 Å². The zero-order valence-corrected chi connectivity index (χ0v) is 17.2. The number of ether oxygens (including phenoxy) is 2. The predicted molar refractivity (Wildman–Crippen MR) is 117 cm³/mol. The molecule has 0 atom stereocenters. The zero-order chi connectivity index (χ0) is 21.5. The lowest BCUT2D eigenvalue weighted by Gasteiger charge is -2.13. The maximum atomic E-state index is 12.7. The summed E-state index contributed by atoms with van der Waals surface area (Å²) in [4.78, 5) is 25.1. The molecule has 0 heterocycles. The Morgan fingerprint density at radius 3 is 2.17 bits per heavy atom. The fourth-order valence-electron chi connectivity index (χ4n) is 3.01. The summed E-state index contributed by atoms with van der Waals surface area (Å²) < 4.78 is 10.7. The van der Waals surface area contributed by atoms with E-state index in [4.69, 9.17) is 9.47 Å². The molecule has 0 saturated heterocycles. The summed E-state index contributed by atoms with van der Waals surface area (Å²) in [6.07, 6.45) is 0. The molecule has 0 saturated carbocycles. The summed E-state index contributed by atoms with van der Waals surface area (Å²) in [5.41, 5.74) is 3.52. The molecule has 2 N–H and O–H groups in total. The van der Waals surface area contributed by atoms with Crippen LogP contribution < -0.4 is 20.1 Å². The smallest absolute Gasteiger partial charge is 0.262 e. The van der Waals surface area contributed by atoms with Gasteiger partial charge >= 0.3 is 0 Å². The summed E-state index contributed by atoms with van der Waals surface area (Å²) in [7, 11) is 1.58. The molecule has 6 heteroatoms. The highest BCUT2D eigenvalue weighted by Gasteiger charge is 2.14. The van der Waals surface area contributed by atoms with Crippen LogP contribution in [0.3, 0.4) is 0 Å². The van der Waals surface area contributed by atoms with Crippen molar-refractivity contribution in [3.8, 4) is 11.5 Å². The van der Waals surface area contributed by atoms with E-state index in [9.17, 15) is 9.59 Å². The van der Waals surface area contributed by atoms with Gasteiger partial charge in [0.2, 0.25) is 0 Å². The number of amides is 2. The number of carbonyl (C=O) groups excluding carboxylic acids is 2. The van der Waals surface area contributed by atoms with Crippen LogP contribution in [0.2, 0.25) is 0 Å². The van der Waals surface area contributed by atoms with E-state index in [0.717, 1.165) is 11.1 Å². The van der Waals surface area contributed by atoms with Gasteiger partial charge in [-0.05, 0) is 73.5 Å². The molecular formula is C24H24N2O4. The molecule has 6 nitrogen and oxygen atoms in total. The van der Waals surface area contributed by atoms with Crippen LogP contribution in [0.1, 0.15) is 21.5 Å². The number of methoxy groups -OCH3 is 1. The van der Waals surface area contributed by atoms with Gasteiger partial charge in [-0.25, -0.2) is 0 Å². The third-order valence-electron chi connectivity index (χ3n) is 4.36. The van der Waals surface area contributed by atoms with E-state index < -0.39 is 0 Å². The average Bonchev–Trinajstić information content (AvgIpc) is 2.72. The van der Waals surface area contributed by atoms with Gasteiger partial charge in [0.05, 0.1) is 18.4 Å². The summed E-state index contributed by atoms with van der Waals surface area (Å²) in [5, 5.41) is 5.57. The molecule has 30 heavy (non-hydrogen) atoms. The lowest BCUT2D eigenvalue weighted by molar-refractivity contribution is -0.118. The van der Waals surface area contributed by atoms with Crippen LogP contribution in [0.5, 0.6) is 11.5 Å². The topological polar surface area (TPSA) is 76.7 Å². The van der Waals surface area contributed by atoms with Crippen molar-refractivity contribution in [2.75, 3.05) is 24.4 Å². The average molecular weight is 404 g/mol. The normalized spacial score (nSPS) is 10.2. The minimum Gasteiger partial charge on any atom is -0.497 e. The molecule has 0 radical (unpaired) electrons. The molecule has 154 valence electrons. The van der Waals surface area contributed by atoms with Crippen LogP contribution in [0.25, 0.3) is 0 Å². The Balaban J connectivity index is 1.65. The molecule has 0 aromatic heterocycles. The number of carbonyl (C=O) groups is 2. The number of hydrogen-bond acceptors (Lipinski definition) is 4. The highest BCUT2D eigenvalue weighted by molar-refractivity contribution is 6.10. The van der Waals surface area contributed by atoms with Gasteiger partial charge in [0, 0.05) is 5.69 Å². The summed E-state index contributed by atoms with van der Waals surface area (Å²) >= 11 is 0. The quantitative estimate of drug-likeness (QED) is 0.604. The first-order chi connectivity index (χ1) is 14.4. The monoisotopic (exact) mass is 404 g/mol. The van der Waals surface area contributed by atoms with E-state index >= 15 is 0 Å². The van der Waals surface area contributed by atoms with Gasteiger partial charge < -0.3 is 20.1 Å². The molecule has 2 amide bonds. The second-order valence-corrected chi connectivity index (χ2v) is 6.89. The van der Waals surface area contributed by atoms with Crippen molar-refractivity contribution in [2.24, 2.45) is 0 Å². The van der Waals surface area contributed by atoms with Crippen molar-refractivity contribution in [2.45, 2.75) is 13.8 Å². The summed E-state index contributed by atoms with van der Waals surface area (Å²) in [6, 6.07) is 19.6. The van der Waals surface area contributed by atoms with E-state index in [1.54, 1.807) is 55.6 Å². The molecule has 3 aromatic carbocycles. The Labute approximate surface area is 175 Å². The molecule has 0 aliphatic carbocycles. The number of nitrogens with one attached hydrogen (secondary N) is 2. The third kappa shape index (κ3) is 5.61. The van der Waals surface area contributed by atoms with E-state index in [2.05, 4.69) is 10.6 Å². The largest absolute Gasteiger partial charge is 0.497 e. The van der Waals surface area contributed by atoms with Crippen LogP contribution in [-0.4, -0.2) is 25.5 Å². The van der Waals surface area contributed by atoms with Crippen LogP contribution in [0, 0.1) is 13.8 Å². The molecule has 0 bridgehead atoms. The number of benzene rings is 3. The Morgan fingerprint density at radius 1 is 0.833 bits per heavy atom. The molecule has 0 aliphatic heterocycles. The van der Waals surface area contributed by atoms with Gasteiger partial charge in [-0.2, -0.15) is 0 Å². The lowest BCUT2D eigenvalue weighted by Crippen LogP contribution is -2.22. The Kier molecular flexibility index (Phi) is 6.70. The summed E-state index contributed by atoms with van der Waals surface area (Å²) in [6.45, 7) is 3.78. The predicted octanol–water partition coefficient (Wildman–Crippen LogP) is 4.58. The highest BCUT2D eigenvalue weighted by Crippen LogP contribution is 2.20. The molecule has 3 rings (SSSR count). The van der Waals surface area contributed by atoms with Crippen molar-refractivity contribution in [3.05, 3.63) is 83.4 Å². The van der Waals surface area contributed by atoms with E-state index in [1.165, 1.54) is 0 Å². The minimum absolute atomic E-state index is 0.155.